The summed E-state index contributed by atoms with van der Waals surface area (Å²) in [5.74, 6) is 0. The molecule has 0 spiro atoms. The van der Waals surface area contributed by atoms with Gasteiger partial charge in [0, 0.05) is 0 Å². The van der Waals surface area contributed by atoms with Crippen LogP contribution >= 0.6 is 0 Å². The van der Waals surface area contributed by atoms with Crippen LogP contribution in [0.25, 0.3) is 31.1 Å². The summed E-state index contributed by atoms with van der Waals surface area (Å²) in [6, 6.07) is 34.6. The van der Waals surface area contributed by atoms with Gasteiger partial charge in [0.15, 0.2) is 0 Å². The van der Waals surface area contributed by atoms with Gasteiger partial charge in [-0.05, 0) is 0 Å². The molecule has 0 unspecified atom stereocenters. The van der Waals surface area contributed by atoms with Gasteiger partial charge in [0.25, 0.3) is 0 Å². The van der Waals surface area contributed by atoms with Gasteiger partial charge >= 0.3 is 143 Å². The van der Waals surface area contributed by atoms with Crippen molar-refractivity contribution in [2.24, 2.45) is 0 Å². The predicted octanol–water partition coefficient (Wildman–Crippen LogP) is 5.74. The second kappa shape index (κ2) is 6.42. The van der Waals surface area contributed by atoms with Gasteiger partial charge in [-0.25, -0.2) is 0 Å². The zero-order valence-corrected chi connectivity index (χ0v) is 14.4. The zero-order chi connectivity index (χ0) is 15.5. The Labute approximate surface area is 142 Å². The van der Waals surface area contributed by atoms with E-state index in [9.17, 15) is 0 Å². The van der Waals surface area contributed by atoms with Crippen molar-refractivity contribution in [1.29, 1.82) is 0 Å². The van der Waals surface area contributed by atoms with Gasteiger partial charge < -0.3 is 0 Å². The molecule has 4 rings (SSSR count). The molecule has 0 amide bonds. The Morgan fingerprint density at radius 2 is 0.957 bits per heavy atom. The molecule has 1 heteroatoms. The van der Waals surface area contributed by atoms with Gasteiger partial charge in [-0.1, -0.05) is 0 Å². The Bertz CT molecular complexity index is 834. The molecule has 0 fully saturated rings. The van der Waals surface area contributed by atoms with Crippen LogP contribution in [0.2, 0.25) is 0 Å². The summed E-state index contributed by atoms with van der Waals surface area (Å²) in [5.41, 5.74) is 5.36. The van der Waals surface area contributed by atoms with Crippen LogP contribution in [0.15, 0.2) is 97.1 Å². The Morgan fingerprint density at radius 1 is 0.478 bits per heavy atom. The fourth-order valence-electron chi connectivity index (χ4n) is 2.77. The van der Waals surface area contributed by atoms with Crippen LogP contribution in [-0.2, 0) is 0 Å². The average Bonchev–Trinajstić information content (AvgIpc) is 3.09. The van der Waals surface area contributed by atoms with E-state index in [1.807, 2.05) is 0 Å². The summed E-state index contributed by atoms with van der Waals surface area (Å²) in [4.78, 5) is 0. The third kappa shape index (κ3) is 2.94. The fraction of sp³-hybridized carbons (Fsp3) is 0. The van der Waals surface area contributed by atoms with E-state index in [-0.39, 0.29) is 0 Å². The molecule has 1 heterocycles. The molecule has 0 atom stereocenters. The Hall–Kier alpha value is -2.34. The fourth-order valence-corrected chi connectivity index (χ4v) is 5.27. The molecule has 0 bridgehead atoms. The van der Waals surface area contributed by atoms with E-state index < -0.39 is 0 Å². The van der Waals surface area contributed by atoms with Crippen LogP contribution in [0.1, 0.15) is 0 Å². The molecule has 0 saturated heterocycles. The standard InChI is InChI=1S/C22H16Se/c1-4-10-17(11-5-1)20-16-21(18-12-6-2-7-13-18)23-22(20)19-14-8-3-9-15-19/h1-16H. The maximum absolute atomic E-state index is 2.38. The molecular formula is C22H16Se. The van der Waals surface area contributed by atoms with Crippen molar-refractivity contribution in [2.75, 3.05) is 0 Å². The van der Waals surface area contributed by atoms with Gasteiger partial charge in [-0.3, -0.25) is 0 Å². The first-order chi connectivity index (χ1) is 11.4. The van der Waals surface area contributed by atoms with Crippen LogP contribution in [0, 0.1) is 0 Å². The normalized spacial score (nSPS) is 10.6. The topological polar surface area (TPSA) is 0 Å². The van der Waals surface area contributed by atoms with Crippen molar-refractivity contribution in [2.45, 2.75) is 0 Å². The number of hydrogen-bond donors (Lipinski definition) is 0. The molecule has 0 aliphatic rings. The average molecular weight is 359 g/mol. The van der Waals surface area contributed by atoms with Crippen LogP contribution in [0.3, 0.4) is 0 Å². The molecule has 23 heavy (non-hydrogen) atoms. The monoisotopic (exact) mass is 360 g/mol. The van der Waals surface area contributed by atoms with E-state index in [2.05, 4.69) is 97.1 Å². The van der Waals surface area contributed by atoms with Crippen molar-refractivity contribution in [3.63, 3.8) is 0 Å². The Kier molecular flexibility index (Phi) is 3.98. The molecular weight excluding hydrogens is 343 g/mol. The Balaban J connectivity index is 1.91. The van der Waals surface area contributed by atoms with Crippen LogP contribution < -0.4 is 0 Å². The minimum atomic E-state index is 0.327. The van der Waals surface area contributed by atoms with Gasteiger partial charge in [0.2, 0.25) is 0 Å². The summed E-state index contributed by atoms with van der Waals surface area (Å²) in [5, 5.41) is 0. The first-order valence-electron chi connectivity index (χ1n) is 7.72. The first-order valence-corrected chi connectivity index (χ1v) is 9.43. The molecule has 0 nitrogen and oxygen atoms in total. The summed E-state index contributed by atoms with van der Waals surface area (Å²) in [6.45, 7) is 0. The molecule has 0 saturated carbocycles. The predicted molar refractivity (Wildman–Crippen MR) is 99.7 cm³/mol. The van der Waals surface area contributed by atoms with Gasteiger partial charge in [-0.2, -0.15) is 0 Å². The second-order valence-electron chi connectivity index (χ2n) is 5.45. The van der Waals surface area contributed by atoms with Crippen molar-refractivity contribution in [1.82, 2.24) is 0 Å². The van der Waals surface area contributed by atoms with Crippen LogP contribution in [-0.4, -0.2) is 14.5 Å². The van der Waals surface area contributed by atoms with E-state index in [1.54, 1.807) is 0 Å². The Morgan fingerprint density at radius 3 is 1.52 bits per heavy atom. The van der Waals surface area contributed by atoms with Crippen LogP contribution in [0.5, 0.6) is 0 Å². The summed E-state index contributed by atoms with van der Waals surface area (Å²) < 4.78 is 2.93. The van der Waals surface area contributed by atoms with Crippen molar-refractivity contribution in [3.05, 3.63) is 97.1 Å². The molecule has 3 aromatic carbocycles. The van der Waals surface area contributed by atoms with Gasteiger partial charge in [0.05, 0.1) is 0 Å². The number of rotatable bonds is 3. The molecule has 110 valence electrons. The molecule has 0 radical (unpaired) electrons. The number of hydrogen-bond acceptors (Lipinski definition) is 0. The summed E-state index contributed by atoms with van der Waals surface area (Å²) in [7, 11) is 0. The molecule has 4 aromatic rings. The molecule has 0 N–H and O–H groups in total. The molecule has 0 aliphatic heterocycles. The summed E-state index contributed by atoms with van der Waals surface area (Å²) >= 11 is 0.327. The van der Waals surface area contributed by atoms with Crippen LogP contribution in [0.4, 0.5) is 0 Å². The quantitative estimate of drug-likeness (QED) is 0.409. The van der Waals surface area contributed by atoms with E-state index in [4.69, 9.17) is 0 Å². The van der Waals surface area contributed by atoms with Gasteiger partial charge in [-0.15, -0.1) is 0 Å². The second-order valence-corrected chi connectivity index (χ2v) is 7.66. The molecule has 1 aromatic heterocycles. The van der Waals surface area contributed by atoms with E-state index in [1.165, 1.54) is 31.1 Å². The maximum atomic E-state index is 2.38. The zero-order valence-electron chi connectivity index (χ0n) is 12.6. The number of benzene rings is 3. The van der Waals surface area contributed by atoms with E-state index in [0.717, 1.165) is 0 Å². The third-order valence-electron chi connectivity index (χ3n) is 3.91. The minimum absolute atomic E-state index is 0.327. The van der Waals surface area contributed by atoms with Crippen molar-refractivity contribution in [3.8, 4) is 31.1 Å². The molecule has 0 aliphatic carbocycles. The van der Waals surface area contributed by atoms with Crippen molar-refractivity contribution >= 4 is 14.5 Å². The van der Waals surface area contributed by atoms with Gasteiger partial charge in [0.1, 0.15) is 0 Å². The summed E-state index contributed by atoms with van der Waals surface area (Å²) in [6.07, 6.45) is 0. The first kappa shape index (κ1) is 14.3. The van der Waals surface area contributed by atoms with E-state index >= 15 is 0 Å². The van der Waals surface area contributed by atoms with E-state index in [0.29, 0.717) is 14.5 Å². The third-order valence-corrected chi connectivity index (χ3v) is 6.50. The SMILES string of the molecule is c1ccc(-c2cc(-c3ccccc3)c(-c3ccccc3)[se]2)cc1. The van der Waals surface area contributed by atoms with Crippen molar-refractivity contribution < 1.29 is 0 Å².